The lowest BCUT2D eigenvalue weighted by atomic mass is 9.81. The van der Waals surface area contributed by atoms with Gasteiger partial charge in [-0.25, -0.2) is 8.89 Å². The van der Waals surface area contributed by atoms with E-state index < -0.39 is 11.0 Å². The molecule has 2 aromatic carbocycles. The highest BCUT2D eigenvalue weighted by atomic mass is 32.2. The number of fused-ring (bicyclic) bond motifs is 5. The number of aromatic nitrogens is 4. The number of carbonyl (C=O) groups excluding carboxylic acids is 2. The van der Waals surface area contributed by atoms with Crippen LogP contribution in [0.25, 0.3) is 33.8 Å². The van der Waals surface area contributed by atoms with E-state index in [2.05, 4.69) is 83.5 Å². The van der Waals surface area contributed by atoms with Crippen LogP contribution in [0.2, 0.25) is 0 Å². The standard InChI is InChI=1S/C41H53N7O4S/c1-24(2)48-38(37(42-44-48)41(50)46-21-26(5)45(7)27(6)22-46)31-18-30-19-32(52-8)15-17-33(30)39-36(28-12-10-9-11-13-28)34-16-14-29(20-35(34)47(39)23-31)40(49)43-53(51)25(3)4/h14-20,24-28H,9-13,21-23H2,1-8H3,(H,43,49)/t26-,27+,53?. The summed E-state index contributed by atoms with van der Waals surface area (Å²) in [5, 5.41) is 10.1. The van der Waals surface area contributed by atoms with Gasteiger partial charge in [-0.05, 0) is 115 Å². The number of amides is 2. The molecule has 0 spiro atoms. The van der Waals surface area contributed by atoms with Crippen LogP contribution in [0.1, 0.15) is 123 Å². The summed E-state index contributed by atoms with van der Waals surface area (Å²) in [5.74, 6) is 0.613. The second-order valence-corrected chi connectivity index (χ2v) is 17.5. The number of ether oxygens (including phenoxy) is 1. The van der Waals surface area contributed by atoms with E-state index in [0.717, 1.165) is 51.9 Å². The molecule has 53 heavy (non-hydrogen) atoms. The van der Waals surface area contributed by atoms with Crippen LogP contribution < -0.4 is 9.46 Å². The number of allylic oxidation sites excluding steroid dienone is 1. The van der Waals surface area contributed by atoms with Crippen LogP contribution in [-0.4, -0.2) is 90.0 Å². The van der Waals surface area contributed by atoms with Gasteiger partial charge in [-0.2, -0.15) is 0 Å². The van der Waals surface area contributed by atoms with E-state index in [0.29, 0.717) is 42.5 Å². The Labute approximate surface area is 315 Å². The normalized spacial score (nSPS) is 20.3. The number of nitrogens with one attached hydrogen (secondary N) is 1. The number of hydrogen-bond donors (Lipinski definition) is 1. The molecule has 11 nitrogen and oxygen atoms in total. The van der Waals surface area contributed by atoms with Gasteiger partial charge in [0.25, 0.3) is 11.8 Å². The van der Waals surface area contributed by atoms with Crippen molar-refractivity contribution in [1.82, 2.24) is 34.1 Å². The third-order valence-electron chi connectivity index (χ3n) is 11.5. The Bertz CT molecular complexity index is 2100. The van der Waals surface area contributed by atoms with Crippen molar-refractivity contribution in [2.45, 2.75) is 109 Å². The molecular weight excluding hydrogens is 687 g/mol. The van der Waals surface area contributed by atoms with Gasteiger partial charge in [0.1, 0.15) is 16.7 Å². The highest BCUT2D eigenvalue weighted by Crippen LogP contribution is 2.48. The number of nitrogens with zero attached hydrogens (tertiary/aromatic N) is 6. The topological polar surface area (TPSA) is 115 Å². The molecule has 2 amide bonds. The van der Waals surface area contributed by atoms with Crippen LogP contribution in [-0.2, 0) is 17.5 Å². The largest absolute Gasteiger partial charge is 0.497 e. The predicted octanol–water partition coefficient (Wildman–Crippen LogP) is 7.06. The smallest absolute Gasteiger partial charge is 0.276 e. The van der Waals surface area contributed by atoms with Crippen molar-refractivity contribution < 1.29 is 18.5 Å². The van der Waals surface area contributed by atoms with Gasteiger partial charge in [-0.3, -0.25) is 19.2 Å². The van der Waals surface area contributed by atoms with Gasteiger partial charge < -0.3 is 14.2 Å². The molecule has 1 saturated heterocycles. The Morgan fingerprint density at radius 2 is 1.68 bits per heavy atom. The first-order chi connectivity index (χ1) is 25.4. The fourth-order valence-corrected chi connectivity index (χ4v) is 8.95. The van der Waals surface area contributed by atoms with Gasteiger partial charge >= 0.3 is 0 Å². The number of rotatable bonds is 8. The zero-order valence-electron chi connectivity index (χ0n) is 32.3. The Balaban J connectivity index is 1.45. The van der Waals surface area contributed by atoms with Gasteiger partial charge in [0.05, 0.1) is 25.0 Å². The summed E-state index contributed by atoms with van der Waals surface area (Å²) >= 11 is 0. The van der Waals surface area contributed by atoms with Gasteiger partial charge in [0.15, 0.2) is 5.69 Å². The summed E-state index contributed by atoms with van der Waals surface area (Å²) in [6.07, 6.45) is 7.94. The van der Waals surface area contributed by atoms with Crippen molar-refractivity contribution >= 4 is 45.4 Å². The highest BCUT2D eigenvalue weighted by Gasteiger charge is 2.36. The molecule has 7 rings (SSSR count). The van der Waals surface area contributed by atoms with E-state index in [9.17, 15) is 13.8 Å². The molecule has 1 aliphatic carbocycles. The molecule has 4 aromatic rings. The maximum absolute atomic E-state index is 14.5. The van der Waals surface area contributed by atoms with E-state index in [1.165, 1.54) is 24.8 Å². The zero-order chi connectivity index (χ0) is 37.7. The van der Waals surface area contributed by atoms with Gasteiger partial charge in [0, 0.05) is 64.1 Å². The first-order valence-electron chi connectivity index (χ1n) is 19.1. The second kappa shape index (κ2) is 14.9. The Morgan fingerprint density at radius 1 is 0.962 bits per heavy atom. The Morgan fingerprint density at radius 3 is 2.34 bits per heavy atom. The SMILES string of the molecule is COc1ccc2c(c1)C=C(c1c(C(=O)N3C[C@@H](C)N(C)[C@@H](C)C3)nnn1C(C)C)Cn1c-2c(C2CCCCC2)c2ccc(C(=O)NS(=O)C(C)C)cc21. The number of likely N-dealkylation sites (N-methyl/N-ethyl adjacent to an activating group) is 1. The fourth-order valence-electron chi connectivity index (χ4n) is 8.41. The lowest BCUT2D eigenvalue weighted by molar-refractivity contribution is 0.0409. The average molecular weight is 740 g/mol. The maximum atomic E-state index is 14.5. The lowest BCUT2D eigenvalue weighted by Crippen LogP contribution is -2.56. The number of hydrogen-bond acceptors (Lipinski definition) is 7. The van der Waals surface area contributed by atoms with Crippen LogP contribution in [0.3, 0.4) is 0 Å². The van der Waals surface area contributed by atoms with Crippen LogP contribution in [0.4, 0.5) is 0 Å². The van der Waals surface area contributed by atoms with Crippen LogP contribution in [0, 0.1) is 0 Å². The molecule has 0 bridgehead atoms. The van der Waals surface area contributed by atoms with Gasteiger partial charge in [0.2, 0.25) is 0 Å². The summed E-state index contributed by atoms with van der Waals surface area (Å²) in [4.78, 5) is 32.3. The summed E-state index contributed by atoms with van der Waals surface area (Å²) < 4.78 is 25.4. The van der Waals surface area contributed by atoms with Crippen LogP contribution in [0.15, 0.2) is 36.4 Å². The van der Waals surface area contributed by atoms with E-state index in [-0.39, 0.29) is 35.2 Å². The fraction of sp³-hybridized carbons (Fsp3) is 0.512. The van der Waals surface area contributed by atoms with Crippen molar-refractivity contribution in [3.8, 4) is 17.0 Å². The average Bonchev–Trinajstić information content (AvgIpc) is 3.68. The summed E-state index contributed by atoms with van der Waals surface area (Å²) in [7, 11) is 2.29. The molecular formula is C41H53N7O4S. The number of carbonyl (C=O) groups is 2. The summed E-state index contributed by atoms with van der Waals surface area (Å²) in [5.41, 5.74) is 7.81. The van der Waals surface area contributed by atoms with Crippen molar-refractivity contribution in [2.24, 2.45) is 0 Å². The van der Waals surface area contributed by atoms with E-state index in [1.807, 2.05) is 41.6 Å². The molecule has 3 aliphatic rings. The number of benzene rings is 2. The molecule has 1 N–H and O–H groups in total. The molecule has 12 heteroatoms. The van der Waals surface area contributed by atoms with Crippen molar-refractivity contribution in [3.63, 3.8) is 0 Å². The quantitative estimate of drug-likeness (QED) is 0.206. The minimum Gasteiger partial charge on any atom is -0.497 e. The Hall–Kier alpha value is -4.29. The van der Waals surface area contributed by atoms with Crippen molar-refractivity contribution in [3.05, 3.63) is 64.5 Å². The van der Waals surface area contributed by atoms with E-state index >= 15 is 0 Å². The summed E-state index contributed by atoms with van der Waals surface area (Å²) in [6, 6.07) is 12.5. The molecule has 3 atom stereocenters. The summed E-state index contributed by atoms with van der Waals surface area (Å²) in [6.45, 7) is 13.7. The van der Waals surface area contributed by atoms with E-state index in [4.69, 9.17) is 4.74 Å². The first kappa shape index (κ1) is 37.0. The molecule has 1 saturated carbocycles. The molecule has 2 aromatic heterocycles. The van der Waals surface area contributed by atoms with Crippen LogP contribution >= 0.6 is 0 Å². The number of piperazine rings is 1. The first-order valence-corrected chi connectivity index (χ1v) is 20.3. The third kappa shape index (κ3) is 6.84. The molecule has 0 radical (unpaired) electrons. The second-order valence-electron chi connectivity index (χ2n) is 15.7. The molecule has 4 heterocycles. The molecule has 1 unspecified atom stereocenters. The minimum atomic E-state index is -1.50. The van der Waals surface area contributed by atoms with Crippen LogP contribution in [0.5, 0.6) is 5.75 Å². The maximum Gasteiger partial charge on any atom is 0.276 e. The lowest BCUT2D eigenvalue weighted by Gasteiger charge is -2.42. The highest BCUT2D eigenvalue weighted by molar-refractivity contribution is 7.84. The van der Waals surface area contributed by atoms with Gasteiger partial charge in [-0.1, -0.05) is 30.5 Å². The number of methoxy groups -OCH3 is 1. The van der Waals surface area contributed by atoms with E-state index in [1.54, 1.807) is 7.11 Å². The minimum absolute atomic E-state index is 0.0610. The van der Waals surface area contributed by atoms with Crippen molar-refractivity contribution in [1.29, 1.82) is 0 Å². The molecule has 2 aliphatic heterocycles. The van der Waals surface area contributed by atoms with Gasteiger partial charge in [-0.15, -0.1) is 5.10 Å². The zero-order valence-corrected chi connectivity index (χ0v) is 33.1. The third-order valence-corrected chi connectivity index (χ3v) is 12.8. The monoisotopic (exact) mass is 739 g/mol. The molecule has 282 valence electrons. The predicted molar refractivity (Wildman–Crippen MR) is 211 cm³/mol. The molecule has 2 fully saturated rings. The Kier molecular flexibility index (Phi) is 10.4. The van der Waals surface area contributed by atoms with Crippen molar-refractivity contribution in [2.75, 3.05) is 27.2 Å².